The summed E-state index contributed by atoms with van der Waals surface area (Å²) in [5.41, 5.74) is -0.852. The van der Waals surface area contributed by atoms with E-state index in [4.69, 9.17) is 9.15 Å². The number of aliphatic hydroxyl groups is 4. The maximum Gasteiger partial charge on any atom is 0.235 e. The summed E-state index contributed by atoms with van der Waals surface area (Å²) in [6, 6.07) is 7.74. The number of phenolic OH excluding ortho intramolecular Hbond substituents is 2. The van der Waals surface area contributed by atoms with Gasteiger partial charge in [0.1, 0.15) is 47.6 Å². The van der Waals surface area contributed by atoms with Gasteiger partial charge in [-0.05, 0) is 30.3 Å². The van der Waals surface area contributed by atoms with E-state index < -0.39 is 48.3 Å². The zero-order chi connectivity index (χ0) is 22.4. The fraction of sp³-hybridized carbons (Fsp3) is 0.286. The molecule has 10 nitrogen and oxygen atoms in total. The predicted octanol–water partition coefficient (Wildman–Crippen LogP) is 0.0917. The SMILES string of the molecule is O=c1c(O)c(-c2ccc(O)cc2)oc2cc(O)cc(C3O[C@H](CO)[C@@H](O)[C@H](O)[C@H]3O)c12. The topological polar surface area (TPSA) is 181 Å². The van der Waals surface area contributed by atoms with Crippen LogP contribution in [0.4, 0.5) is 0 Å². The van der Waals surface area contributed by atoms with Crippen molar-refractivity contribution >= 4 is 11.0 Å². The number of ether oxygens (including phenoxy) is 1. The van der Waals surface area contributed by atoms with Crippen LogP contribution >= 0.6 is 0 Å². The lowest BCUT2D eigenvalue weighted by Gasteiger charge is -2.40. The largest absolute Gasteiger partial charge is 0.508 e. The zero-order valence-corrected chi connectivity index (χ0v) is 15.9. The second kappa shape index (κ2) is 7.84. The number of benzene rings is 2. The highest BCUT2D eigenvalue weighted by Crippen LogP contribution is 2.39. The predicted molar refractivity (Wildman–Crippen MR) is 106 cm³/mol. The highest BCUT2D eigenvalue weighted by Gasteiger charge is 2.45. The lowest BCUT2D eigenvalue weighted by molar-refractivity contribution is -0.231. The number of hydrogen-bond donors (Lipinski definition) is 7. The van der Waals surface area contributed by atoms with E-state index in [-0.39, 0.29) is 39.4 Å². The minimum Gasteiger partial charge on any atom is -0.508 e. The third-order valence-electron chi connectivity index (χ3n) is 5.31. The molecule has 0 aliphatic carbocycles. The standard InChI is InChI=1S/C21H20O10/c22-7-13-15(25)17(27)19(29)21(31-13)11-5-10(24)6-12-14(11)16(26)18(28)20(30-12)8-1-3-9(23)4-2-8/h1-6,13,15,17,19,21-25,27-29H,7H2/t13-,15-,17+,19-,21?/m1/s1. The van der Waals surface area contributed by atoms with Crippen molar-refractivity contribution in [3.05, 3.63) is 52.2 Å². The first-order valence-corrected chi connectivity index (χ1v) is 9.35. The number of hydrogen-bond acceptors (Lipinski definition) is 10. The Balaban J connectivity index is 1.92. The number of fused-ring (bicyclic) bond motifs is 1. The molecule has 1 aliphatic heterocycles. The Morgan fingerprint density at radius 1 is 0.871 bits per heavy atom. The van der Waals surface area contributed by atoms with Crippen molar-refractivity contribution in [1.82, 2.24) is 0 Å². The van der Waals surface area contributed by atoms with Gasteiger partial charge in [-0.15, -0.1) is 0 Å². The highest BCUT2D eigenvalue weighted by molar-refractivity contribution is 5.86. The van der Waals surface area contributed by atoms with Gasteiger partial charge in [0, 0.05) is 17.2 Å². The number of aromatic hydroxyl groups is 3. The maximum absolute atomic E-state index is 13.0. The summed E-state index contributed by atoms with van der Waals surface area (Å²) in [6.07, 6.45) is -7.68. The van der Waals surface area contributed by atoms with Crippen LogP contribution in [-0.2, 0) is 4.74 Å². The Bertz CT molecular complexity index is 1170. The maximum atomic E-state index is 13.0. The molecule has 1 fully saturated rings. The van der Waals surface area contributed by atoms with Gasteiger partial charge in [-0.3, -0.25) is 4.79 Å². The summed E-state index contributed by atoms with van der Waals surface area (Å²) < 4.78 is 11.1. The van der Waals surface area contributed by atoms with E-state index >= 15 is 0 Å². The summed E-state index contributed by atoms with van der Waals surface area (Å²) >= 11 is 0. The third kappa shape index (κ3) is 3.50. The van der Waals surface area contributed by atoms with Crippen molar-refractivity contribution in [3.63, 3.8) is 0 Å². The second-order valence-corrected chi connectivity index (χ2v) is 7.31. The van der Waals surface area contributed by atoms with Crippen molar-refractivity contribution < 1.29 is 44.9 Å². The van der Waals surface area contributed by atoms with Gasteiger partial charge < -0.3 is 44.9 Å². The van der Waals surface area contributed by atoms with Crippen LogP contribution < -0.4 is 5.43 Å². The molecule has 31 heavy (non-hydrogen) atoms. The van der Waals surface area contributed by atoms with Crippen molar-refractivity contribution in [2.75, 3.05) is 6.61 Å². The van der Waals surface area contributed by atoms with Gasteiger partial charge in [0.2, 0.25) is 11.2 Å². The number of aliphatic hydroxyl groups excluding tert-OH is 4. The molecular weight excluding hydrogens is 412 g/mol. The molecule has 0 saturated carbocycles. The molecule has 0 amide bonds. The van der Waals surface area contributed by atoms with Gasteiger partial charge in [-0.1, -0.05) is 0 Å². The quantitative estimate of drug-likeness (QED) is 0.300. The van der Waals surface area contributed by atoms with Crippen LogP contribution in [0, 0.1) is 0 Å². The zero-order valence-electron chi connectivity index (χ0n) is 15.9. The minimum absolute atomic E-state index is 0.0334. The van der Waals surface area contributed by atoms with Gasteiger partial charge in [0.05, 0.1) is 12.0 Å². The molecule has 10 heteroatoms. The summed E-state index contributed by atoms with van der Waals surface area (Å²) in [4.78, 5) is 13.0. The molecule has 0 bridgehead atoms. The number of phenols is 2. The third-order valence-corrected chi connectivity index (χ3v) is 5.31. The van der Waals surface area contributed by atoms with E-state index in [9.17, 15) is 40.5 Å². The van der Waals surface area contributed by atoms with Crippen LogP contribution in [0.3, 0.4) is 0 Å². The van der Waals surface area contributed by atoms with E-state index in [1.807, 2.05) is 0 Å². The second-order valence-electron chi connectivity index (χ2n) is 7.31. The van der Waals surface area contributed by atoms with E-state index in [1.54, 1.807) is 0 Å². The molecule has 4 rings (SSSR count). The van der Waals surface area contributed by atoms with E-state index in [0.29, 0.717) is 0 Å². The van der Waals surface area contributed by atoms with Crippen molar-refractivity contribution in [1.29, 1.82) is 0 Å². The molecule has 0 radical (unpaired) electrons. The normalized spacial score (nSPS) is 26.3. The fourth-order valence-corrected chi connectivity index (χ4v) is 3.72. The van der Waals surface area contributed by atoms with Crippen LogP contribution in [0.25, 0.3) is 22.3 Å². The Morgan fingerprint density at radius 3 is 2.19 bits per heavy atom. The molecule has 0 spiro atoms. The van der Waals surface area contributed by atoms with E-state index in [1.165, 1.54) is 24.3 Å². The molecule has 3 aromatic rings. The van der Waals surface area contributed by atoms with Gasteiger partial charge in [-0.25, -0.2) is 0 Å². The molecule has 1 unspecified atom stereocenters. The summed E-state index contributed by atoms with van der Waals surface area (Å²) in [5.74, 6) is -1.35. The monoisotopic (exact) mass is 432 g/mol. The van der Waals surface area contributed by atoms with Crippen LogP contribution in [0.15, 0.2) is 45.6 Å². The first-order valence-electron chi connectivity index (χ1n) is 9.35. The first-order chi connectivity index (χ1) is 14.7. The molecule has 2 heterocycles. The molecule has 1 aliphatic rings. The Morgan fingerprint density at radius 2 is 1.55 bits per heavy atom. The molecule has 2 aromatic carbocycles. The summed E-state index contributed by atoms with van der Waals surface area (Å²) in [5, 5.41) is 69.8. The first kappa shape index (κ1) is 21.1. The molecule has 7 N–H and O–H groups in total. The Kier molecular flexibility index (Phi) is 5.33. The van der Waals surface area contributed by atoms with Gasteiger partial charge in [-0.2, -0.15) is 0 Å². The van der Waals surface area contributed by atoms with Crippen molar-refractivity contribution in [2.45, 2.75) is 30.5 Å². The lowest BCUT2D eigenvalue weighted by Crippen LogP contribution is -2.55. The van der Waals surface area contributed by atoms with E-state index in [0.717, 1.165) is 12.1 Å². The lowest BCUT2D eigenvalue weighted by atomic mass is 9.89. The Labute approximate surface area is 174 Å². The smallest absolute Gasteiger partial charge is 0.235 e. The molecular formula is C21H20O10. The summed E-state index contributed by atoms with van der Waals surface area (Å²) in [6.45, 7) is -0.678. The minimum atomic E-state index is -1.71. The van der Waals surface area contributed by atoms with Crippen LogP contribution in [0.5, 0.6) is 17.2 Å². The molecule has 1 saturated heterocycles. The van der Waals surface area contributed by atoms with Gasteiger partial charge in [0.15, 0.2) is 5.76 Å². The van der Waals surface area contributed by atoms with Gasteiger partial charge in [0.25, 0.3) is 0 Å². The fourth-order valence-electron chi connectivity index (χ4n) is 3.72. The van der Waals surface area contributed by atoms with Crippen LogP contribution in [0.2, 0.25) is 0 Å². The molecule has 1 aromatic heterocycles. The average molecular weight is 432 g/mol. The molecule has 164 valence electrons. The molecule has 5 atom stereocenters. The highest BCUT2D eigenvalue weighted by atomic mass is 16.5. The Hall–Kier alpha value is -3.15. The van der Waals surface area contributed by atoms with Crippen LogP contribution in [0.1, 0.15) is 11.7 Å². The van der Waals surface area contributed by atoms with Crippen LogP contribution in [-0.4, -0.2) is 66.8 Å². The average Bonchev–Trinajstić information content (AvgIpc) is 2.75. The van der Waals surface area contributed by atoms with Crippen molar-refractivity contribution in [2.24, 2.45) is 0 Å². The van der Waals surface area contributed by atoms with Gasteiger partial charge >= 0.3 is 0 Å². The summed E-state index contributed by atoms with van der Waals surface area (Å²) in [7, 11) is 0. The van der Waals surface area contributed by atoms with Crippen molar-refractivity contribution in [3.8, 4) is 28.6 Å². The van der Waals surface area contributed by atoms with E-state index in [2.05, 4.69) is 0 Å². The number of rotatable bonds is 3.